The van der Waals surface area contributed by atoms with E-state index in [1.54, 1.807) is 0 Å². The molecule has 4 heteroatoms. The average molecular weight is 312 g/mol. The standard InChI is InChI=1S/C17H26ClNO2/c1-3-9-19-13(2)16-12-14(18)6-7-17(16)21-11-8-15-5-4-10-20-15/h6-7,12-13,15,19H,3-5,8-11H2,1-2H3. The first-order valence-electron chi connectivity index (χ1n) is 7.98. The molecule has 1 aliphatic rings. The molecular formula is C17H26ClNO2. The van der Waals surface area contributed by atoms with E-state index in [0.717, 1.165) is 48.7 Å². The number of rotatable bonds is 8. The Morgan fingerprint density at radius 3 is 3.05 bits per heavy atom. The van der Waals surface area contributed by atoms with Gasteiger partial charge in [0, 0.05) is 29.7 Å². The lowest BCUT2D eigenvalue weighted by Gasteiger charge is -2.19. The topological polar surface area (TPSA) is 30.5 Å². The molecule has 1 aromatic rings. The van der Waals surface area contributed by atoms with Crippen LogP contribution in [-0.2, 0) is 4.74 Å². The summed E-state index contributed by atoms with van der Waals surface area (Å²) in [5.74, 6) is 0.925. The van der Waals surface area contributed by atoms with Gasteiger partial charge in [-0.2, -0.15) is 0 Å². The Morgan fingerprint density at radius 1 is 1.48 bits per heavy atom. The van der Waals surface area contributed by atoms with E-state index in [4.69, 9.17) is 21.1 Å². The van der Waals surface area contributed by atoms with E-state index < -0.39 is 0 Å². The van der Waals surface area contributed by atoms with Gasteiger partial charge in [0.2, 0.25) is 0 Å². The number of ether oxygens (including phenoxy) is 2. The first kappa shape index (κ1) is 16.6. The number of hydrogen-bond acceptors (Lipinski definition) is 3. The molecule has 2 atom stereocenters. The van der Waals surface area contributed by atoms with E-state index >= 15 is 0 Å². The summed E-state index contributed by atoms with van der Waals surface area (Å²) in [5.41, 5.74) is 1.13. The fourth-order valence-electron chi connectivity index (χ4n) is 2.63. The Hall–Kier alpha value is -0.770. The molecule has 118 valence electrons. The molecule has 0 saturated carbocycles. The van der Waals surface area contributed by atoms with Crippen molar-refractivity contribution < 1.29 is 9.47 Å². The molecule has 1 aromatic carbocycles. The highest BCUT2D eigenvalue weighted by Crippen LogP contribution is 2.29. The van der Waals surface area contributed by atoms with Gasteiger partial charge in [-0.15, -0.1) is 0 Å². The molecule has 0 bridgehead atoms. The predicted molar refractivity (Wildman–Crippen MR) is 87.2 cm³/mol. The van der Waals surface area contributed by atoms with Crippen molar-refractivity contribution in [2.24, 2.45) is 0 Å². The first-order valence-corrected chi connectivity index (χ1v) is 8.35. The molecule has 1 N–H and O–H groups in total. The lowest BCUT2D eigenvalue weighted by Crippen LogP contribution is -2.20. The van der Waals surface area contributed by atoms with Crippen LogP contribution < -0.4 is 10.1 Å². The Morgan fingerprint density at radius 2 is 2.33 bits per heavy atom. The van der Waals surface area contributed by atoms with Crippen LogP contribution in [0.1, 0.15) is 51.1 Å². The number of halogens is 1. The summed E-state index contributed by atoms with van der Waals surface area (Å²) in [6.45, 7) is 6.89. The maximum Gasteiger partial charge on any atom is 0.124 e. The highest BCUT2D eigenvalue weighted by Gasteiger charge is 2.16. The highest BCUT2D eigenvalue weighted by molar-refractivity contribution is 6.30. The second kappa shape index (κ2) is 8.62. The molecule has 21 heavy (non-hydrogen) atoms. The molecule has 1 saturated heterocycles. The molecular weight excluding hydrogens is 286 g/mol. The van der Waals surface area contributed by atoms with Crippen LogP contribution in [0.5, 0.6) is 5.75 Å². The fraction of sp³-hybridized carbons (Fsp3) is 0.647. The van der Waals surface area contributed by atoms with Gasteiger partial charge in [0.1, 0.15) is 5.75 Å². The van der Waals surface area contributed by atoms with Gasteiger partial charge in [0.05, 0.1) is 12.7 Å². The summed E-state index contributed by atoms with van der Waals surface area (Å²) in [7, 11) is 0. The summed E-state index contributed by atoms with van der Waals surface area (Å²) in [4.78, 5) is 0. The molecule has 2 rings (SSSR count). The summed E-state index contributed by atoms with van der Waals surface area (Å²) in [6.07, 6.45) is 4.77. The normalized spacial score (nSPS) is 19.7. The zero-order valence-corrected chi connectivity index (χ0v) is 13.8. The summed E-state index contributed by atoms with van der Waals surface area (Å²) in [6, 6.07) is 6.09. The summed E-state index contributed by atoms with van der Waals surface area (Å²) >= 11 is 6.13. The molecule has 0 aromatic heterocycles. The van der Waals surface area contributed by atoms with Gasteiger partial charge in [-0.05, 0) is 50.9 Å². The minimum atomic E-state index is 0.237. The van der Waals surface area contributed by atoms with Gasteiger partial charge >= 0.3 is 0 Å². The Kier molecular flexibility index (Phi) is 6.81. The maximum absolute atomic E-state index is 6.13. The summed E-state index contributed by atoms with van der Waals surface area (Å²) in [5, 5.41) is 4.24. The zero-order valence-electron chi connectivity index (χ0n) is 13.0. The van der Waals surface area contributed by atoms with E-state index in [-0.39, 0.29) is 6.04 Å². The van der Waals surface area contributed by atoms with Crippen molar-refractivity contribution in [2.45, 2.75) is 51.7 Å². The second-order valence-corrected chi connectivity index (χ2v) is 6.07. The number of benzene rings is 1. The van der Waals surface area contributed by atoms with Crippen LogP contribution >= 0.6 is 11.6 Å². The van der Waals surface area contributed by atoms with Gasteiger partial charge in [-0.1, -0.05) is 18.5 Å². The van der Waals surface area contributed by atoms with Crippen LogP contribution in [0, 0.1) is 0 Å². The highest BCUT2D eigenvalue weighted by atomic mass is 35.5. The Labute approximate surface area is 133 Å². The minimum absolute atomic E-state index is 0.237. The van der Waals surface area contributed by atoms with Gasteiger partial charge in [0.25, 0.3) is 0 Å². The van der Waals surface area contributed by atoms with Gasteiger partial charge in [-0.3, -0.25) is 0 Å². The Balaban J connectivity index is 1.93. The quantitative estimate of drug-likeness (QED) is 0.774. The molecule has 1 fully saturated rings. The summed E-state index contributed by atoms with van der Waals surface area (Å²) < 4.78 is 11.6. The minimum Gasteiger partial charge on any atom is -0.493 e. The zero-order chi connectivity index (χ0) is 15.1. The first-order chi connectivity index (χ1) is 10.2. The van der Waals surface area contributed by atoms with Gasteiger partial charge in [0.15, 0.2) is 0 Å². The van der Waals surface area contributed by atoms with Crippen molar-refractivity contribution in [1.29, 1.82) is 0 Å². The van der Waals surface area contributed by atoms with E-state index in [1.807, 2.05) is 18.2 Å². The molecule has 0 radical (unpaired) electrons. The van der Waals surface area contributed by atoms with Crippen molar-refractivity contribution in [2.75, 3.05) is 19.8 Å². The average Bonchev–Trinajstić information content (AvgIpc) is 2.99. The van der Waals surface area contributed by atoms with Crippen molar-refractivity contribution >= 4 is 11.6 Å². The van der Waals surface area contributed by atoms with Crippen LogP contribution in [0.15, 0.2) is 18.2 Å². The molecule has 1 aliphatic heterocycles. The van der Waals surface area contributed by atoms with E-state index in [9.17, 15) is 0 Å². The van der Waals surface area contributed by atoms with Crippen molar-refractivity contribution in [3.63, 3.8) is 0 Å². The molecule has 1 heterocycles. The molecule has 3 nitrogen and oxygen atoms in total. The second-order valence-electron chi connectivity index (χ2n) is 5.63. The number of hydrogen-bond donors (Lipinski definition) is 1. The predicted octanol–water partition coefficient (Wildman–Crippen LogP) is 4.35. The Bertz CT molecular complexity index is 433. The number of nitrogens with one attached hydrogen (secondary N) is 1. The van der Waals surface area contributed by atoms with Crippen LogP contribution in [-0.4, -0.2) is 25.9 Å². The van der Waals surface area contributed by atoms with Crippen LogP contribution in [0.2, 0.25) is 5.02 Å². The van der Waals surface area contributed by atoms with Crippen LogP contribution in [0.4, 0.5) is 0 Å². The lowest BCUT2D eigenvalue weighted by atomic mass is 10.1. The SMILES string of the molecule is CCCNC(C)c1cc(Cl)ccc1OCCC1CCCO1. The van der Waals surface area contributed by atoms with Gasteiger partial charge in [-0.25, -0.2) is 0 Å². The van der Waals surface area contributed by atoms with E-state index in [1.165, 1.54) is 6.42 Å². The van der Waals surface area contributed by atoms with E-state index in [0.29, 0.717) is 12.7 Å². The fourth-order valence-corrected chi connectivity index (χ4v) is 2.81. The third kappa shape index (κ3) is 5.17. The van der Waals surface area contributed by atoms with Crippen molar-refractivity contribution in [3.05, 3.63) is 28.8 Å². The van der Waals surface area contributed by atoms with Crippen molar-refractivity contribution in [1.82, 2.24) is 5.32 Å². The smallest absolute Gasteiger partial charge is 0.124 e. The molecule has 0 aliphatic carbocycles. The van der Waals surface area contributed by atoms with Crippen molar-refractivity contribution in [3.8, 4) is 5.75 Å². The van der Waals surface area contributed by atoms with Crippen LogP contribution in [0.25, 0.3) is 0 Å². The van der Waals surface area contributed by atoms with E-state index in [2.05, 4.69) is 19.2 Å². The molecule has 0 spiro atoms. The largest absolute Gasteiger partial charge is 0.493 e. The maximum atomic E-state index is 6.13. The van der Waals surface area contributed by atoms with Crippen LogP contribution in [0.3, 0.4) is 0 Å². The molecule has 0 amide bonds. The third-order valence-corrected chi connectivity index (χ3v) is 4.10. The monoisotopic (exact) mass is 311 g/mol. The lowest BCUT2D eigenvalue weighted by molar-refractivity contribution is 0.0901. The van der Waals surface area contributed by atoms with Gasteiger partial charge < -0.3 is 14.8 Å². The third-order valence-electron chi connectivity index (χ3n) is 3.86. The molecule has 2 unspecified atom stereocenters.